The van der Waals surface area contributed by atoms with E-state index >= 15 is 0 Å². The summed E-state index contributed by atoms with van der Waals surface area (Å²) in [5, 5.41) is 26.5. The van der Waals surface area contributed by atoms with Crippen molar-refractivity contribution in [2.75, 3.05) is 45.7 Å². The predicted molar refractivity (Wildman–Crippen MR) is 185 cm³/mol. The first-order valence-electron chi connectivity index (χ1n) is 16.5. The molecule has 3 heterocycles. The van der Waals surface area contributed by atoms with Crippen molar-refractivity contribution in [1.29, 1.82) is 0 Å². The van der Waals surface area contributed by atoms with Gasteiger partial charge in [0.15, 0.2) is 11.5 Å². The van der Waals surface area contributed by atoms with Crippen LogP contribution in [0.15, 0.2) is 48.7 Å². The fourth-order valence-corrected chi connectivity index (χ4v) is 5.66. The summed E-state index contributed by atoms with van der Waals surface area (Å²) in [7, 11) is 3.50. The third-order valence-electron chi connectivity index (χ3n) is 8.64. The summed E-state index contributed by atoms with van der Waals surface area (Å²) >= 11 is 0. The Kier molecular flexibility index (Phi) is 10.8. The normalized spacial score (nSPS) is 16.3. The van der Waals surface area contributed by atoms with Gasteiger partial charge in [0, 0.05) is 38.2 Å². The quantitative estimate of drug-likeness (QED) is 0.172. The topological polar surface area (TPSA) is 168 Å². The highest BCUT2D eigenvalue weighted by atomic mass is 16.5. The van der Waals surface area contributed by atoms with Crippen LogP contribution in [0.2, 0.25) is 0 Å². The van der Waals surface area contributed by atoms with Crippen LogP contribution in [-0.4, -0.2) is 86.9 Å². The number of carbonyl (C=O) groups is 2. The van der Waals surface area contributed by atoms with Crippen molar-refractivity contribution < 1.29 is 24.2 Å². The minimum absolute atomic E-state index is 0.0295. The average Bonchev–Trinajstić information content (AvgIpc) is 3.50. The van der Waals surface area contributed by atoms with Crippen LogP contribution in [0.4, 0.5) is 10.6 Å². The second-order valence-corrected chi connectivity index (χ2v) is 13.8. The van der Waals surface area contributed by atoms with Gasteiger partial charge in [-0.05, 0) is 57.0 Å². The molecule has 0 spiro atoms. The molecule has 14 heteroatoms. The number of ether oxygens (including phenoxy) is 2. The molecule has 4 N–H and O–H groups in total. The third kappa shape index (κ3) is 8.50. The minimum atomic E-state index is -0.638. The van der Waals surface area contributed by atoms with Crippen molar-refractivity contribution in [2.45, 2.75) is 70.6 Å². The molecule has 1 aliphatic carbocycles. The Bertz CT molecular complexity index is 1780. The van der Waals surface area contributed by atoms with Crippen LogP contribution >= 0.6 is 0 Å². The third-order valence-corrected chi connectivity index (χ3v) is 8.64. The Balaban J connectivity index is 1.29. The molecule has 0 aliphatic heterocycles. The van der Waals surface area contributed by atoms with Crippen LogP contribution in [-0.2, 0) is 15.8 Å². The standard InChI is InChI=1S/C35H47N9O5/c1-34(2,3)27-20-28(39-30(38-27)31(46)36-16-17-43(6)18-19-45)40-33(47)37-25-13-14-26(24-11-9-8-10-23(24)25)49-22-12-15-29-41-42-32(44(29)21-22)35(4,5)48-7/h8-12,15,20-21,25-26,45H,13-14,16-19H2,1-7H3,(H,36,46)(H2,37,38,39,40,47)/t25-,26+/m0/s1. The first-order chi connectivity index (χ1) is 23.3. The lowest BCUT2D eigenvalue weighted by Crippen LogP contribution is -2.37. The zero-order valence-corrected chi connectivity index (χ0v) is 29.3. The molecule has 0 saturated heterocycles. The summed E-state index contributed by atoms with van der Waals surface area (Å²) in [6, 6.07) is 12.7. The van der Waals surface area contributed by atoms with Crippen LogP contribution in [0.25, 0.3) is 5.65 Å². The lowest BCUT2D eigenvalue weighted by atomic mass is 9.85. The molecule has 5 rings (SSSR count). The number of urea groups is 1. The van der Waals surface area contributed by atoms with Gasteiger partial charge in [0.2, 0.25) is 5.82 Å². The van der Waals surface area contributed by atoms with E-state index in [0.717, 1.165) is 11.1 Å². The van der Waals surface area contributed by atoms with E-state index in [-0.39, 0.29) is 30.4 Å². The lowest BCUT2D eigenvalue weighted by Gasteiger charge is -2.32. The largest absolute Gasteiger partial charge is 0.484 e. The van der Waals surface area contributed by atoms with E-state index in [9.17, 15) is 9.59 Å². The summed E-state index contributed by atoms with van der Waals surface area (Å²) in [6.45, 7) is 11.3. The summed E-state index contributed by atoms with van der Waals surface area (Å²) in [6.07, 6.45) is 2.95. The van der Waals surface area contributed by atoms with Crippen molar-refractivity contribution >= 4 is 23.4 Å². The van der Waals surface area contributed by atoms with E-state index in [0.29, 0.717) is 55.4 Å². The number of carbonyl (C=O) groups excluding carboxylic acids is 2. The molecule has 2 atom stereocenters. The number of aliphatic hydroxyl groups is 1. The van der Waals surface area contributed by atoms with E-state index in [2.05, 4.69) is 36.1 Å². The van der Waals surface area contributed by atoms with Crippen LogP contribution in [0.1, 0.15) is 92.9 Å². The highest BCUT2D eigenvalue weighted by molar-refractivity contribution is 5.92. The molecule has 3 amide bonds. The van der Waals surface area contributed by atoms with E-state index in [1.807, 2.05) is 93.6 Å². The average molecular weight is 674 g/mol. The van der Waals surface area contributed by atoms with Gasteiger partial charge in [0.05, 0.1) is 24.5 Å². The van der Waals surface area contributed by atoms with Crippen LogP contribution in [0, 0.1) is 0 Å². The molecule has 1 aromatic carbocycles. The molecule has 49 heavy (non-hydrogen) atoms. The second-order valence-electron chi connectivity index (χ2n) is 13.8. The maximum absolute atomic E-state index is 13.4. The Hall–Kier alpha value is -4.66. The van der Waals surface area contributed by atoms with Crippen LogP contribution < -0.4 is 20.7 Å². The van der Waals surface area contributed by atoms with E-state index in [1.165, 1.54) is 0 Å². The fraction of sp³-hybridized carbons (Fsp3) is 0.486. The van der Waals surface area contributed by atoms with Gasteiger partial charge in [-0.2, -0.15) is 0 Å². The summed E-state index contributed by atoms with van der Waals surface area (Å²) in [5.74, 6) is 1.09. The SMILES string of the molecule is COC(C)(C)c1nnc2ccc(O[C@@H]3CC[C@H](NC(=O)Nc4cc(C(C)(C)C)nc(C(=O)NCCN(C)CCO)n4)c4ccccc43)cn12. The number of anilines is 1. The van der Waals surface area contributed by atoms with Gasteiger partial charge >= 0.3 is 6.03 Å². The highest BCUT2D eigenvalue weighted by Crippen LogP contribution is 2.39. The maximum atomic E-state index is 13.4. The van der Waals surface area contributed by atoms with Crippen molar-refractivity contribution in [1.82, 2.24) is 40.1 Å². The summed E-state index contributed by atoms with van der Waals surface area (Å²) in [5.41, 5.74) is 2.22. The number of fused-ring (bicyclic) bond motifs is 2. The Morgan fingerprint density at radius 1 is 1.02 bits per heavy atom. The van der Waals surface area contributed by atoms with Gasteiger partial charge in [-0.15, -0.1) is 10.2 Å². The lowest BCUT2D eigenvalue weighted by molar-refractivity contribution is 0.0106. The van der Waals surface area contributed by atoms with E-state index in [4.69, 9.17) is 14.6 Å². The van der Waals surface area contributed by atoms with Gasteiger partial charge in [-0.3, -0.25) is 14.5 Å². The van der Waals surface area contributed by atoms with Gasteiger partial charge in [-0.25, -0.2) is 14.8 Å². The molecule has 0 bridgehead atoms. The molecule has 3 aromatic heterocycles. The number of aromatic nitrogens is 5. The van der Waals surface area contributed by atoms with E-state index in [1.54, 1.807) is 13.2 Å². The zero-order chi connectivity index (χ0) is 35.3. The Morgan fingerprint density at radius 2 is 1.78 bits per heavy atom. The maximum Gasteiger partial charge on any atom is 0.320 e. The number of aliphatic hydroxyl groups excluding tert-OH is 1. The number of hydrogen-bond donors (Lipinski definition) is 4. The Morgan fingerprint density at radius 3 is 2.49 bits per heavy atom. The van der Waals surface area contributed by atoms with Crippen LogP contribution in [0.3, 0.4) is 0 Å². The first kappa shape index (κ1) is 35.6. The monoisotopic (exact) mass is 673 g/mol. The molecular formula is C35H47N9O5. The summed E-state index contributed by atoms with van der Waals surface area (Å²) < 4.78 is 14.0. The smallest absolute Gasteiger partial charge is 0.320 e. The fourth-order valence-electron chi connectivity index (χ4n) is 5.66. The van der Waals surface area contributed by atoms with Crippen LogP contribution in [0.5, 0.6) is 5.75 Å². The molecule has 0 unspecified atom stereocenters. The molecule has 4 aromatic rings. The second kappa shape index (κ2) is 14.8. The number of benzene rings is 1. The number of likely N-dealkylation sites (N-methyl/N-ethyl adjacent to an activating group) is 1. The summed E-state index contributed by atoms with van der Waals surface area (Å²) in [4.78, 5) is 37.1. The van der Waals surface area contributed by atoms with Crippen molar-refractivity contribution in [3.63, 3.8) is 0 Å². The predicted octanol–water partition coefficient (Wildman–Crippen LogP) is 4.13. The van der Waals surface area contributed by atoms with Crippen molar-refractivity contribution in [2.24, 2.45) is 0 Å². The number of hydrogen-bond acceptors (Lipinski definition) is 10. The molecule has 0 saturated carbocycles. The van der Waals surface area contributed by atoms with E-state index < -0.39 is 23.0 Å². The van der Waals surface area contributed by atoms with Gasteiger partial charge < -0.3 is 30.1 Å². The van der Waals surface area contributed by atoms with Crippen molar-refractivity contribution in [3.8, 4) is 5.75 Å². The van der Waals surface area contributed by atoms with Crippen molar-refractivity contribution in [3.05, 3.63) is 77.1 Å². The molecule has 0 radical (unpaired) electrons. The first-order valence-corrected chi connectivity index (χ1v) is 16.5. The van der Waals surface area contributed by atoms with Gasteiger partial charge in [0.1, 0.15) is 23.3 Å². The van der Waals surface area contributed by atoms with Gasteiger partial charge in [-0.1, -0.05) is 45.0 Å². The number of amides is 3. The number of methoxy groups -OCH3 is 1. The number of nitrogens with zero attached hydrogens (tertiary/aromatic N) is 6. The number of nitrogens with one attached hydrogen (secondary N) is 3. The molecule has 0 fully saturated rings. The Labute approximate surface area is 286 Å². The molecule has 1 aliphatic rings. The number of rotatable bonds is 12. The minimum Gasteiger partial charge on any atom is -0.484 e. The number of pyridine rings is 1. The zero-order valence-electron chi connectivity index (χ0n) is 29.3. The molecular weight excluding hydrogens is 626 g/mol. The molecule has 14 nitrogen and oxygen atoms in total. The van der Waals surface area contributed by atoms with Gasteiger partial charge in [0.25, 0.3) is 5.91 Å². The highest BCUT2D eigenvalue weighted by Gasteiger charge is 2.31. The molecule has 262 valence electrons.